The van der Waals surface area contributed by atoms with Crippen LogP contribution in [0.5, 0.6) is 5.75 Å². The molecule has 1 saturated heterocycles. The van der Waals surface area contributed by atoms with Crippen molar-refractivity contribution in [3.05, 3.63) is 30.0 Å². The fourth-order valence-electron chi connectivity index (χ4n) is 3.60. The molecule has 3 aromatic rings. The number of ether oxygens (including phenoxy) is 2. The van der Waals surface area contributed by atoms with Crippen LogP contribution in [0, 0.1) is 0 Å². The molecule has 3 heterocycles. The minimum absolute atomic E-state index is 0.167. The molecule has 2 amide bonds. The predicted molar refractivity (Wildman–Crippen MR) is 115 cm³/mol. The van der Waals surface area contributed by atoms with Gasteiger partial charge in [0.2, 0.25) is 5.95 Å². The minimum atomic E-state index is -0.556. The Morgan fingerprint density at radius 2 is 1.77 bits per heavy atom. The Bertz CT molecular complexity index is 1160. The van der Waals surface area contributed by atoms with Gasteiger partial charge in [-0.05, 0) is 32.9 Å². The fourth-order valence-corrected chi connectivity index (χ4v) is 3.60. The summed E-state index contributed by atoms with van der Waals surface area (Å²) >= 11 is 0. The van der Waals surface area contributed by atoms with Crippen LogP contribution < -0.4 is 10.5 Å². The lowest BCUT2D eigenvalue weighted by Gasteiger charge is -2.35. The molecule has 2 aromatic heterocycles. The summed E-state index contributed by atoms with van der Waals surface area (Å²) in [7, 11) is 1.57. The van der Waals surface area contributed by atoms with Crippen LogP contribution in [0.2, 0.25) is 0 Å². The van der Waals surface area contributed by atoms with Gasteiger partial charge in [-0.2, -0.15) is 9.61 Å². The summed E-state index contributed by atoms with van der Waals surface area (Å²) in [5.74, 6) is 0.544. The molecule has 0 bridgehead atoms. The number of nitrogen functional groups attached to an aromatic ring is 1. The number of amides is 2. The van der Waals surface area contributed by atoms with E-state index < -0.39 is 5.60 Å². The molecule has 1 aliphatic rings. The van der Waals surface area contributed by atoms with E-state index in [0.717, 1.165) is 5.39 Å². The third-order valence-corrected chi connectivity index (χ3v) is 5.09. The van der Waals surface area contributed by atoms with Gasteiger partial charge < -0.3 is 25.0 Å². The molecule has 1 fully saturated rings. The van der Waals surface area contributed by atoms with Gasteiger partial charge in [0.25, 0.3) is 5.91 Å². The molecule has 0 atom stereocenters. The Balaban J connectivity index is 1.56. The van der Waals surface area contributed by atoms with Crippen LogP contribution in [-0.2, 0) is 4.74 Å². The lowest BCUT2D eigenvalue weighted by Crippen LogP contribution is -2.51. The number of anilines is 1. The monoisotopic (exact) mass is 426 g/mol. The molecule has 164 valence electrons. The van der Waals surface area contributed by atoms with Crippen LogP contribution >= 0.6 is 0 Å². The number of nitrogens with two attached hydrogens (primary N) is 1. The largest absolute Gasteiger partial charge is 0.494 e. The molecule has 0 saturated carbocycles. The Hall–Kier alpha value is -3.56. The van der Waals surface area contributed by atoms with Crippen molar-refractivity contribution in [2.75, 3.05) is 39.0 Å². The highest BCUT2D eigenvalue weighted by molar-refractivity contribution is 6.01. The molecule has 31 heavy (non-hydrogen) atoms. The molecular weight excluding hydrogens is 400 g/mol. The number of fused-ring (bicyclic) bond motifs is 3. The van der Waals surface area contributed by atoms with Gasteiger partial charge in [-0.3, -0.25) is 4.79 Å². The quantitative estimate of drug-likeness (QED) is 0.668. The number of carbonyl (C=O) groups excluding carboxylic acids is 2. The molecule has 0 unspecified atom stereocenters. The summed E-state index contributed by atoms with van der Waals surface area (Å²) in [6, 6.07) is 7.25. The predicted octanol–water partition coefficient (Wildman–Crippen LogP) is 2.17. The van der Waals surface area contributed by atoms with Crippen molar-refractivity contribution >= 4 is 34.4 Å². The molecule has 0 aliphatic carbocycles. The van der Waals surface area contributed by atoms with Gasteiger partial charge in [-0.15, -0.1) is 0 Å². The number of para-hydroxylation sites is 1. The van der Waals surface area contributed by atoms with Crippen LogP contribution in [0.25, 0.3) is 16.4 Å². The summed E-state index contributed by atoms with van der Waals surface area (Å²) < 4.78 is 12.2. The van der Waals surface area contributed by atoms with E-state index in [1.807, 2.05) is 32.9 Å². The maximum absolute atomic E-state index is 13.1. The van der Waals surface area contributed by atoms with Crippen LogP contribution in [0.4, 0.5) is 10.7 Å². The van der Waals surface area contributed by atoms with Crippen molar-refractivity contribution in [2.45, 2.75) is 26.4 Å². The number of methoxy groups -OCH3 is 1. The molecule has 1 aromatic carbocycles. The summed E-state index contributed by atoms with van der Waals surface area (Å²) in [6.45, 7) is 7.08. The van der Waals surface area contributed by atoms with Gasteiger partial charge in [-0.1, -0.05) is 12.1 Å². The first-order valence-corrected chi connectivity index (χ1v) is 10.1. The first kappa shape index (κ1) is 20.7. The third-order valence-electron chi connectivity index (χ3n) is 5.09. The first-order chi connectivity index (χ1) is 14.7. The Labute approximate surface area is 179 Å². The number of aromatic nitrogens is 3. The maximum atomic E-state index is 13.1. The molecule has 10 nitrogen and oxygen atoms in total. The zero-order valence-corrected chi connectivity index (χ0v) is 18.1. The Morgan fingerprint density at radius 3 is 2.42 bits per heavy atom. The van der Waals surface area contributed by atoms with Gasteiger partial charge >= 0.3 is 6.09 Å². The lowest BCUT2D eigenvalue weighted by molar-refractivity contribution is 0.0140. The van der Waals surface area contributed by atoms with E-state index in [0.29, 0.717) is 43.0 Å². The second-order valence-corrected chi connectivity index (χ2v) is 8.41. The standard InChI is InChI=1S/C21H26N6O4/c1-21(2,3)31-20(29)26-10-8-25(9-11-26)18(28)14-12-15-13-6-5-7-16(30-4)17(13)23-19(22)27(15)24-14/h5-7,12H,8-11H2,1-4H3,(H2,22,23). The third kappa shape index (κ3) is 3.92. The number of nitrogens with zero attached hydrogens (tertiary/aromatic N) is 5. The van der Waals surface area contributed by atoms with E-state index in [2.05, 4.69) is 10.1 Å². The van der Waals surface area contributed by atoms with E-state index in [4.69, 9.17) is 15.2 Å². The second-order valence-electron chi connectivity index (χ2n) is 8.41. The van der Waals surface area contributed by atoms with Crippen LogP contribution in [-0.4, -0.2) is 75.3 Å². The number of benzene rings is 1. The van der Waals surface area contributed by atoms with Crippen molar-refractivity contribution in [3.63, 3.8) is 0 Å². The summed E-state index contributed by atoms with van der Waals surface area (Å²) in [5.41, 5.74) is 7.10. The molecule has 0 radical (unpaired) electrons. The molecule has 10 heteroatoms. The number of hydrogen-bond acceptors (Lipinski definition) is 7. The summed E-state index contributed by atoms with van der Waals surface area (Å²) in [5, 5.41) is 5.17. The number of hydrogen-bond donors (Lipinski definition) is 1. The summed E-state index contributed by atoms with van der Waals surface area (Å²) in [6.07, 6.45) is -0.369. The van der Waals surface area contributed by atoms with Gasteiger partial charge in [0, 0.05) is 31.6 Å². The first-order valence-electron chi connectivity index (χ1n) is 10.1. The highest BCUT2D eigenvalue weighted by Gasteiger charge is 2.29. The van der Waals surface area contributed by atoms with E-state index in [9.17, 15) is 9.59 Å². The number of piperazine rings is 1. The highest BCUT2D eigenvalue weighted by Crippen LogP contribution is 2.29. The van der Waals surface area contributed by atoms with Crippen LogP contribution in [0.15, 0.2) is 24.3 Å². The van der Waals surface area contributed by atoms with Gasteiger partial charge in [0.05, 0.1) is 12.6 Å². The molecule has 4 rings (SSSR count). The second kappa shape index (κ2) is 7.60. The zero-order chi connectivity index (χ0) is 22.3. The minimum Gasteiger partial charge on any atom is -0.494 e. The Kier molecular flexibility index (Phi) is 5.08. The Morgan fingerprint density at radius 1 is 1.10 bits per heavy atom. The van der Waals surface area contributed by atoms with Crippen molar-refractivity contribution in [3.8, 4) is 5.75 Å². The van der Waals surface area contributed by atoms with Crippen LogP contribution in [0.1, 0.15) is 31.3 Å². The fraction of sp³-hybridized carbons (Fsp3) is 0.429. The van der Waals surface area contributed by atoms with Crippen LogP contribution in [0.3, 0.4) is 0 Å². The topological polar surface area (TPSA) is 115 Å². The normalized spacial score (nSPS) is 14.8. The zero-order valence-electron chi connectivity index (χ0n) is 18.1. The molecule has 2 N–H and O–H groups in total. The van der Waals surface area contributed by atoms with Gasteiger partial charge in [0.15, 0.2) is 5.69 Å². The van der Waals surface area contributed by atoms with Gasteiger partial charge in [0.1, 0.15) is 16.9 Å². The average Bonchev–Trinajstić information content (AvgIpc) is 3.18. The number of rotatable bonds is 2. The molecule has 0 spiro atoms. The van der Waals surface area contributed by atoms with Crippen molar-refractivity contribution in [2.24, 2.45) is 0 Å². The highest BCUT2D eigenvalue weighted by atomic mass is 16.6. The van der Waals surface area contributed by atoms with E-state index in [-0.39, 0.29) is 23.6 Å². The smallest absolute Gasteiger partial charge is 0.410 e. The van der Waals surface area contributed by atoms with Crippen molar-refractivity contribution in [1.82, 2.24) is 24.4 Å². The van der Waals surface area contributed by atoms with Crippen molar-refractivity contribution in [1.29, 1.82) is 0 Å². The number of carbonyl (C=O) groups is 2. The summed E-state index contributed by atoms with van der Waals surface area (Å²) in [4.78, 5) is 33.0. The lowest BCUT2D eigenvalue weighted by atomic mass is 10.2. The van der Waals surface area contributed by atoms with E-state index in [1.54, 1.807) is 29.0 Å². The van der Waals surface area contributed by atoms with Crippen molar-refractivity contribution < 1.29 is 19.1 Å². The average molecular weight is 426 g/mol. The molecular formula is C21H26N6O4. The van der Waals surface area contributed by atoms with E-state index in [1.165, 1.54) is 4.52 Å². The SMILES string of the molecule is COc1cccc2c1nc(N)n1nc(C(=O)N3CCN(C(=O)OC(C)(C)C)CC3)cc21. The maximum Gasteiger partial charge on any atom is 0.410 e. The van der Waals surface area contributed by atoms with Gasteiger partial charge in [-0.25, -0.2) is 9.78 Å². The molecule has 1 aliphatic heterocycles. The van der Waals surface area contributed by atoms with E-state index >= 15 is 0 Å².